The van der Waals surface area contributed by atoms with Gasteiger partial charge >= 0.3 is 0 Å². The molecule has 0 aliphatic carbocycles. The second kappa shape index (κ2) is 7.22. The van der Waals surface area contributed by atoms with Gasteiger partial charge in [-0.1, -0.05) is 13.0 Å². The molecule has 0 bridgehead atoms. The molecule has 0 amide bonds. The Morgan fingerprint density at radius 3 is 2.71 bits per heavy atom. The molecule has 5 heteroatoms. The molecule has 0 fully saturated rings. The molecule has 3 nitrogen and oxygen atoms in total. The van der Waals surface area contributed by atoms with Crippen molar-refractivity contribution in [1.82, 2.24) is 15.3 Å². The third-order valence-electron chi connectivity index (χ3n) is 3.23. The van der Waals surface area contributed by atoms with E-state index in [1.807, 2.05) is 13.0 Å². The lowest BCUT2D eigenvalue weighted by molar-refractivity contribution is 0.498. The predicted molar refractivity (Wildman–Crippen MR) is 77.9 cm³/mol. The first kappa shape index (κ1) is 15.5. The summed E-state index contributed by atoms with van der Waals surface area (Å²) in [5.41, 5.74) is 1.29. The molecule has 0 radical (unpaired) electrons. The van der Waals surface area contributed by atoms with Gasteiger partial charge in [-0.05, 0) is 44.0 Å². The van der Waals surface area contributed by atoms with Gasteiger partial charge in [-0.3, -0.25) is 0 Å². The molecule has 1 heterocycles. The number of aryl methyl sites for hydroxylation is 1. The smallest absolute Gasteiger partial charge is 0.129 e. The number of aromatic nitrogens is 2. The summed E-state index contributed by atoms with van der Waals surface area (Å²) in [6.45, 7) is 4.68. The van der Waals surface area contributed by atoms with E-state index in [4.69, 9.17) is 0 Å². The van der Waals surface area contributed by atoms with Crippen LogP contribution >= 0.6 is 0 Å². The molecule has 2 rings (SSSR count). The minimum absolute atomic E-state index is 0.119. The van der Waals surface area contributed by atoms with Crippen LogP contribution in [0.3, 0.4) is 0 Å². The minimum Gasteiger partial charge on any atom is -0.308 e. The summed E-state index contributed by atoms with van der Waals surface area (Å²) in [7, 11) is 0. The van der Waals surface area contributed by atoms with E-state index in [-0.39, 0.29) is 6.04 Å². The van der Waals surface area contributed by atoms with E-state index in [1.165, 1.54) is 12.1 Å². The fraction of sp³-hybridized carbons (Fsp3) is 0.375. The first-order valence-corrected chi connectivity index (χ1v) is 7.07. The van der Waals surface area contributed by atoms with Crippen LogP contribution in [0.5, 0.6) is 0 Å². The highest BCUT2D eigenvalue weighted by Crippen LogP contribution is 2.19. The molecule has 0 aliphatic rings. The van der Waals surface area contributed by atoms with E-state index in [2.05, 4.69) is 22.2 Å². The fourth-order valence-corrected chi connectivity index (χ4v) is 2.18. The van der Waals surface area contributed by atoms with Crippen LogP contribution in [0.15, 0.2) is 30.5 Å². The van der Waals surface area contributed by atoms with Crippen molar-refractivity contribution in [2.24, 2.45) is 0 Å². The Morgan fingerprint density at radius 1 is 1.24 bits per heavy atom. The van der Waals surface area contributed by atoms with Gasteiger partial charge in [0.2, 0.25) is 0 Å². The summed E-state index contributed by atoms with van der Waals surface area (Å²) in [5, 5.41) is 3.35. The van der Waals surface area contributed by atoms with E-state index in [1.54, 1.807) is 6.20 Å². The Bertz CT molecular complexity index is 602. The second-order valence-electron chi connectivity index (χ2n) is 4.98. The number of hydrogen-bond acceptors (Lipinski definition) is 3. The minimum atomic E-state index is -0.563. The van der Waals surface area contributed by atoms with Crippen LogP contribution in [-0.4, -0.2) is 16.5 Å². The molecule has 1 aromatic heterocycles. The molecular weight excluding hydrogens is 272 g/mol. The van der Waals surface area contributed by atoms with Gasteiger partial charge in [0.05, 0.1) is 11.7 Å². The largest absolute Gasteiger partial charge is 0.308 e. The highest BCUT2D eigenvalue weighted by atomic mass is 19.1. The average molecular weight is 291 g/mol. The Morgan fingerprint density at radius 2 is 2.05 bits per heavy atom. The summed E-state index contributed by atoms with van der Waals surface area (Å²) < 4.78 is 26.8. The van der Waals surface area contributed by atoms with Crippen molar-refractivity contribution in [2.45, 2.75) is 32.7 Å². The van der Waals surface area contributed by atoms with Gasteiger partial charge in [0.25, 0.3) is 0 Å². The first-order chi connectivity index (χ1) is 10.1. The Kier molecular flexibility index (Phi) is 5.33. The third-order valence-corrected chi connectivity index (χ3v) is 3.23. The van der Waals surface area contributed by atoms with Crippen molar-refractivity contribution < 1.29 is 8.78 Å². The standard InChI is InChI=1S/C16H19F2N3/c1-3-7-20-16(15-6-8-19-11(2)21-15)9-12-4-5-13(17)10-14(12)18/h4-6,8,10,16,20H,3,7,9H2,1-2H3. The predicted octanol–water partition coefficient (Wildman–Crippen LogP) is 3.35. The maximum Gasteiger partial charge on any atom is 0.129 e. The molecule has 0 saturated heterocycles. The summed E-state index contributed by atoms with van der Waals surface area (Å²) in [5.74, 6) is -0.411. The second-order valence-corrected chi connectivity index (χ2v) is 4.98. The number of halogens is 2. The molecule has 1 aromatic carbocycles. The molecule has 0 aliphatic heterocycles. The molecule has 1 unspecified atom stereocenters. The van der Waals surface area contributed by atoms with E-state index < -0.39 is 11.6 Å². The van der Waals surface area contributed by atoms with Gasteiger partial charge < -0.3 is 5.32 Å². The van der Waals surface area contributed by atoms with Gasteiger partial charge in [-0.25, -0.2) is 18.7 Å². The summed E-state index contributed by atoms with van der Waals surface area (Å²) in [6.07, 6.45) is 3.08. The number of nitrogens with one attached hydrogen (secondary N) is 1. The third kappa shape index (κ3) is 4.29. The zero-order valence-corrected chi connectivity index (χ0v) is 12.2. The monoisotopic (exact) mass is 291 g/mol. The van der Waals surface area contributed by atoms with Gasteiger partial charge in [-0.2, -0.15) is 0 Å². The molecule has 0 spiro atoms. The fourth-order valence-electron chi connectivity index (χ4n) is 2.18. The SMILES string of the molecule is CCCNC(Cc1ccc(F)cc1F)c1ccnc(C)n1. The van der Waals surface area contributed by atoms with Crippen molar-refractivity contribution in [3.05, 3.63) is 59.2 Å². The zero-order valence-electron chi connectivity index (χ0n) is 12.2. The van der Waals surface area contributed by atoms with E-state index in [0.29, 0.717) is 17.8 Å². The molecule has 21 heavy (non-hydrogen) atoms. The highest BCUT2D eigenvalue weighted by molar-refractivity contribution is 5.22. The van der Waals surface area contributed by atoms with Gasteiger partial charge in [0.15, 0.2) is 0 Å². The van der Waals surface area contributed by atoms with Crippen molar-refractivity contribution in [3.8, 4) is 0 Å². The van der Waals surface area contributed by atoms with Crippen molar-refractivity contribution >= 4 is 0 Å². The van der Waals surface area contributed by atoms with Crippen LogP contribution in [0, 0.1) is 18.6 Å². The van der Waals surface area contributed by atoms with Crippen LogP contribution in [0.25, 0.3) is 0 Å². The normalized spacial score (nSPS) is 12.4. The van der Waals surface area contributed by atoms with Crippen LogP contribution in [0.1, 0.15) is 36.5 Å². The number of nitrogens with zero attached hydrogens (tertiary/aromatic N) is 2. The Labute approximate surface area is 123 Å². The molecule has 0 saturated carbocycles. The lowest BCUT2D eigenvalue weighted by Gasteiger charge is -2.18. The lowest BCUT2D eigenvalue weighted by Crippen LogP contribution is -2.25. The van der Waals surface area contributed by atoms with Crippen molar-refractivity contribution in [2.75, 3.05) is 6.54 Å². The molecule has 112 valence electrons. The number of hydrogen-bond donors (Lipinski definition) is 1. The number of rotatable bonds is 6. The van der Waals surface area contributed by atoms with Crippen LogP contribution in [0.4, 0.5) is 8.78 Å². The molecule has 1 atom stereocenters. The van der Waals surface area contributed by atoms with Crippen LogP contribution < -0.4 is 5.32 Å². The molecule has 2 aromatic rings. The summed E-state index contributed by atoms with van der Waals surface area (Å²) in [6, 6.07) is 5.38. The van der Waals surface area contributed by atoms with Crippen molar-refractivity contribution in [1.29, 1.82) is 0 Å². The maximum absolute atomic E-state index is 13.8. The van der Waals surface area contributed by atoms with Crippen LogP contribution in [-0.2, 0) is 6.42 Å². The highest BCUT2D eigenvalue weighted by Gasteiger charge is 2.16. The Balaban J connectivity index is 2.23. The topological polar surface area (TPSA) is 37.8 Å². The quantitative estimate of drug-likeness (QED) is 0.887. The van der Waals surface area contributed by atoms with E-state index in [0.717, 1.165) is 24.7 Å². The van der Waals surface area contributed by atoms with Gasteiger partial charge in [0.1, 0.15) is 17.5 Å². The summed E-state index contributed by atoms with van der Waals surface area (Å²) >= 11 is 0. The van der Waals surface area contributed by atoms with Gasteiger partial charge in [0, 0.05) is 12.3 Å². The van der Waals surface area contributed by atoms with Crippen LogP contribution in [0.2, 0.25) is 0 Å². The van der Waals surface area contributed by atoms with E-state index in [9.17, 15) is 8.78 Å². The van der Waals surface area contributed by atoms with Gasteiger partial charge in [-0.15, -0.1) is 0 Å². The zero-order chi connectivity index (χ0) is 15.2. The van der Waals surface area contributed by atoms with Crippen molar-refractivity contribution in [3.63, 3.8) is 0 Å². The Hall–Kier alpha value is -1.88. The number of benzene rings is 1. The van der Waals surface area contributed by atoms with E-state index >= 15 is 0 Å². The first-order valence-electron chi connectivity index (χ1n) is 7.07. The lowest BCUT2D eigenvalue weighted by atomic mass is 10.0. The molecule has 1 N–H and O–H groups in total. The molecular formula is C16H19F2N3. The summed E-state index contributed by atoms with van der Waals surface area (Å²) in [4.78, 5) is 8.48. The average Bonchev–Trinajstić information content (AvgIpc) is 2.45. The maximum atomic E-state index is 13.8.